The fourth-order valence-corrected chi connectivity index (χ4v) is 3.37. The van der Waals surface area contributed by atoms with E-state index in [2.05, 4.69) is 33.8 Å². The van der Waals surface area contributed by atoms with Gasteiger partial charge in [-0.2, -0.15) is 9.78 Å². The number of benzene rings is 1. The van der Waals surface area contributed by atoms with Gasteiger partial charge in [-0.25, -0.2) is 9.97 Å². The minimum atomic E-state index is -0.164. The summed E-state index contributed by atoms with van der Waals surface area (Å²) >= 11 is 1.55. The number of hydrogen-bond donors (Lipinski definition) is 0. The fourth-order valence-electron chi connectivity index (χ4n) is 2.46. The van der Waals surface area contributed by atoms with E-state index in [0.29, 0.717) is 16.7 Å². The summed E-state index contributed by atoms with van der Waals surface area (Å²) in [6, 6.07) is 7.29. The summed E-state index contributed by atoms with van der Waals surface area (Å²) in [4.78, 5) is 24.5. The molecule has 24 heavy (non-hydrogen) atoms. The molecule has 0 radical (unpaired) electrons. The molecule has 0 aliphatic carbocycles. The van der Waals surface area contributed by atoms with Gasteiger partial charge in [0.1, 0.15) is 5.82 Å². The van der Waals surface area contributed by atoms with Crippen molar-refractivity contribution >= 4 is 33.6 Å². The van der Waals surface area contributed by atoms with Gasteiger partial charge in [-0.05, 0) is 32.9 Å². The SMILES string of the molecule is CCN(CC)c1ncc(/C=N\n2c(C)nc3ccccc3c2=O)s1. The number of thiazole rings is 1. The van der Waals surface area contributed by atoms with Crippen LogP contribution in [0.1, 0.15) is 24.5 Å². The Hall–Kier alpha value is -2.54. The van der Waals surface area contributed by atoms with Crippen LogP contribution >= 0.6 is 11.3 Å². The van der Waals surface area contributed by atoms with Crippen molar-refractivity contribution in [2.24, 2.45) is 5.10 Å². The number of fused-ring (bicyclic) bond motifs is 1. The van der Waals surface area contributed by atoms with Gasteiger partial charge in [0.2, 0.25) is 0 Å². The third kappa shape index (κ3) is 3.07. The molecule has 0 saturated carbocycles. The molecule has 0 aliphatic heterocycles. The molecule has 0 atom stereocenters. The van der Waals surface area contributed by atoms with Gasteiger partial charge in [0.05, 0.1) is 22.0 Å². The molecule has 0 amide bonds. The highest BCUT2D eigenvalue weighted by molar-refractivity contribution is 7.17. The van der Waals surface area contributed by atoms with Crippen LogP contribution in [-0.4, -0.2) is 33.9 Å². The van der Waals surface area contributed by atoms with E-state index < -0.39 is 0 Å². The molecule has 7 heteroatoms. The predicted molar refractivity (Wildman–Crippen MR) is 99.4 cm³/mol. The number of aromatic nitrogens is 3. The average molecular weight is 341 g/mol. The van der Waals surface area contributed by atoms with Gasteiger partial charge in [0.15, 0.2) is 5.13 Å². The number of hydrogen-bond acceptors (Lipinski definition) is 6. The molecule has 0 spiro atoms. The van der Waals surface area contributed by atoms with Crippen molar-refractivity contribution in [3.8, 4) is 0 Å². The lowest BCUT2D eigenvalue weighted by Gasteiger charge is -2.16. The van der Waals surface area contributed by atoms with Crippen LogP contribution in [0.4, 0.5) is 5.13 Å². The van der Waals surface area contributed by atoms with E-state index in [1.165, 1.54) is 4.68 Å². The highest BCUT2D eigenvalue weighted by Gasteiger charge is 2.08. The van der Waals surface area contributed by atoms with E-state index in [0.717, 1.165) is 23.1 Å². The second kappa shape index (κ2) is 6.92. The summed E-state index contributed by atoms with van der Waals surface area (Å²) in [6.45, 7) is 7.80. The van der Waals surface area contributed by atoms with Gasteiger partial charge >= 0.3 is 0 Å². The van der Waals surface area contributed by atoms with E-state index in [1.807, 2.05) is 18.2 Å². The summed E-state index contributed by atoms with van der Waals surface area (Å²) in [7, 11) is 0. The largest absolute Gasteiger partial charge is 0.349 e. The molecule has 124 valence electrons. The lowest BCUT2D eigenvalue weighted by atomic mass is 10.2. The second-order valence-electron chi connectivity index (χ2n) is 5.26. The van der Waals surface area contributed by atoms with Crippen LogP contribution in [0.25, 0.3) is 10.9 Å². The smallest absolute Gasteiger partial charge is 0.282 e. The number of aryl methyl sites for hydroxylation is 1. The van der Waals surface area contributed by atoms with Crippen molar-refractivity contribution in [1.29, 1.82) is 0 Å². The van der Waals surface area contributed by atoms with Crippen LogP contribution in [-0.2, 0) is 0 Å². The number of para-hydroxylation sites is 1. The highest BCUT2D eigenvalue weighted by atomic mass is 32.1. The zero-order valence-corrected chi connectivity index (χ0v) is 14.7. The Balaban J connectivity index is 1.95. The Bertz CT molecular complexity index is 940. The first-order valence-electron chi connectivity index (χ1n) is 7.87. The van der Waals surface area contributed by atoms with Crippen LogP contribution in [0, 0.1) is 6.92 Å². The van der Waals surface area contributed by atoms with Crippen molar-refractivity contribution in [1.82, 2.24) is 14.6 Å². The number of nitrogens with zero attached hydrogens (tertiary/aromatic N) is 5. The Kier molecular flexibility index (Phi) is 4.71. The molecule has 2 heterocycles. The molecule has 0 saturated heterocycles. The zero-order chi connectivity index (χ0) is 17.1. The summed E-state index contributed by atoms with van der Waals surface area (Å²) in [5.41, 5.74) is 0.524. The van der Waals surface area contributed by atoms with Crippen molar-refractivity contribution in [3.05, 3.63) is 51.5 Å². The maximum Gasteiger partial charge on any atom is 0.282 e. The summed E-state index contributed by atoms with van der Waals surface area (Å²) in [6.07, 6.45) is 3.44. The molecule has 3 rings (SSSR count). The van der Waals surface area contributed by atoms with E-state index in [1.54, 1.807) is 36.7 Å². The molecule has 0 N–H and O–H groups in total. The summed E-state index contributed by atoms with van der Waals surface area (Å²) < 4.78 is 1.33. The molecular weight excluding hydrogens is 322 g/mol. The zero-order valence-electron chi connectivity index (χ0n) is 13.9. The van der Waals surface area contributed by atoms with Gasteiger partial charge in [-0.1, -0.05) is 23.5 Å². The van der Waals surface area contributed by atoms with E-state index in [4.69, 9.17) is 0 Å². The minimum absolute atomic E-state index is 0.164. The average Bonchev–Trinajstić information content (AvgIpc) is 3.04. The van der Waals surface area contributed by atoms with Crippen molar-refractivity contribution in [2.75, 3.05) is 18.0 Å². The Morgan fingerprint density at radius 2 is 2.04 bits per heavy atom. The topological polar surface area (TPSA) is 63.4 Å². The fraction of sp³-hybridized carbons (Fsp3) is 0.294. The molecule has 0 fully saturated rings. The van der Waals surface area contributed by atoms with Gasteiger partial charge in [-0.15, -0.1) is 0 Å². The van der Waals surface area contributed by atoms with Crippen molar-refractivity contribution in [3.63, 3.8) is 0 Å². The summed E-state index contributed by atoms with van der Waals surface area (Å²) in [5, 5.41) is 5.84. The van der Waals surface area contributed by atoms with E-state index in [9.17, 15) is 4.79 Å². The maximum atomic E-state index is 12.6. The molecule has 1 aromatic carbocycles. The van der Waals surface area contributed by atoms with Gasteiger partial charge in [0.25, 0.3) is 5.56 Å². The molecule has 6 nitrogen and oxygen atoms in total. The lowest BCUT2D eigenvalue weighted by molar-refractivity contribution is 0.771. The minimum Gasteiger partial charge on any atom is -0.349 e. The number of anilines is 1. The first kappa shape index (κ1) is 16.3. The van der Waals surface area contributed by atoms with Crippen LogP contribution in [0.5, 0.6) is 0 Å². The first-order valence-corrected chi connectivity index (χ1v) is 8.69. The normalized spacial score (nSPS) is 11.5. The highest BCUT2D eigenvalue weighted by Crippen LogP contribution is 2.20. The molecule has 0 bridgehead atoms. The quantitative estimate of drug-likeness (QED) is 0.670. The monoisotopic (exact) mass is 341 g/mol. The van der Waals surface area contributed by atoms with Crippen molar-refractivity contribution in [2.45, 2.75) is 20.8 Å². The van der Waals surface area contributed by atoms with Gasteiger partial charge in [0, 0.05) is 19.3 Å². The Morgan fingerprint density at radius 1 is 1.29 bits per heavy atom. The molecule has 0 aliphatic rings. The van der Waals surface area contributed by atoms with Gasteiger partial charge < -0.3 is 4.90 Å². The molecule has 3 aromatic rings. The van der Waals surface area contributed by atoms with Gasteiger partial charge in [-0.3, -0.25) is 4.79 Å². The summed E-state index contributed by atoms with van der Waals surface area (Å²) in [5.74, 6) is 0.559. The maximum absolute atomic E-state index is 12.6. The third-order valence-electron chi connectivity index (χ3n) is 3.76. The van der Waals surface area contributed by atoms with E-state index >= 15 is 0 Å². The predicted octanol–water partition coefficient (Wildman–Crippen LogP) is 2.89. The lowest BCUT2D eigenvalue weighted by Crippen LogP contribution is -2.21. The van der Waals surface area contributed by atoms with Crippen LogP contribution in [0.15, 0.2) is 40.4 Å². The Labute approximate surface area is 144 Å². The van der Waals surface area contributed by atoms with Crippen LogP contribution < -0.4 is 10.5 Å². The molecule has 2 aromatic heterocycles. The molecule has 0 unspecified atom stereocenters. The van der Waals surface area contributed by atoms with Crippen molar-refractivity contribution < 1.29 is 0 Å². The second-order valence-corrected chi connectivity index (χ2v) is 6.30. The Morgan fingerprint density at radius 3 is 2.79 bits per heavy atom. The van der Waals surface area contributed by atoms with Crippen LogP contribution in [0.3, 0.4) is 0 Å². The molecular formula is C17H19N5OS. The van der Waals surface area contributed by atoms with E-state index in [-0.39, 0.29) is 5.56 Å². The van der Waals surface area contributed by atoms with Crippen LogP contribution in [0.2, 0.25) is 0 Å². The standard InChI is InChI=1S/C17H19N5OS/c1-4-21(5-2)17-18-10-13(24-17)11-19-22-12(3)20-15-9-7-6-8-14(15)16(22)23/h6-11H,4-5H2,1-3H3/b19-11-. The first-order chi connectivity index (χ1) is 11.6. The number of rotatable bonds is 5. The third-order valence-corrected chi connectivity index (χ3v) is 4.75.